The molecule has 24 heavy (non-hydrogen) atoms. The lowest BCUT2D eigenvalue weighted by atomic mass is 10.3. The van der Waals surface area contributed by atoms with Crippen molar-refractivity contribution in [2.24, 2.45) is 4.40 Å². The zero-order valence-corrected chi connectivity index (χ0v) is 15.3. The van der Waals surface area contributed by atoms with Gasteiger partial charge in [0, 0.05) is 13.2 Å². The molecule has 3 aromatic rings. The van der Waals surface area contributed by atoms with E-state index in [2.05, 4.69) is 4.40 Å². The molecule has 0 spiro atoms. The van der Waals surface area contributed by atoms with Crippen LogP contribution in [-0.4, -0.2) is 26.2 Å². The highest BCUT2D eigenvalue weighted by molar-refractivity contribution is 7.92. The standard InChI is InChI=1S/C15H15FN2O3S3/c1-2-21-8-7-18-12-6-5-11(16)10-13(12)23-15(18)17-24(19,20)14-4-3-9-22-14/h3-6,9-10H,2,7-8H2,1H3/b17-15-. The molecule has 1 aromatic carbocycles. The summed E-state index contributed by atoms with van der Waals surface area (Å²) in [5.74, 6) is -0.367. The highest BCUT2D eigenvalue weighted by Crippen LogP contribution is 2.21. The fourth-order valence-electron chi connectivity index (χ4n) is 2.19. The molecule has 0 N–H and O–H groups in total. The molecular weight excluding hydrogens is 371 g/mol. The first kappa shape index (κ1) is 17.3. The Morgan fingerprint density at radius 1 is 1.33 bits per heavy atom. The molecule has 0 unspecified atom stereocenters. The maximum atomic E-state index is 13.5. The monoisotopic (exact) mass is 386 g/mol. The van der Waals surface area contributed by atoms with Crippen LogP contribution in [0.5, 0.6) is 0 Å². The van der Waals surface area contributed by atoms with Gasteiger partial charge in [0.25, 0.3) is 10.0 Å². The fraction of sp³-hybridized carbons (Fsp3) is 0.267. The van der Waals surface area contributed by atoms with Crippen molar-refractivity contribution in [1.29, 1.82) is 0 Å². The third-order valence-corrected chi connectivity index (χ3v) is 7.05. The predicted octanol–water partition coefficient (Wildman–Crippen LogP) is 3.23. The van der Waals surface area contributed by atoms with Crippen molar-refractivity contribution in [3.05, 3.63) is 46.3 Å². The summed E-state index contributed by atoms with van der Waals surface area (Å²) in [5, 5.41) is 1.69. The molecule has 0 aliphatic rings. The molecule has 0 bridgehead atoms. The van der Waals surface area contributed by atoms with E-state index in [0.29, 0.717) is 29.3 Å². The van der Waals surface area contributed by atoms with Crippen LogP contribution in [0, 0.1) is 5.82 Å². The number of hydrogen-bond donors (Lipinski definition) is 0. The quantitative estimate of drug-likeness (QED) is 0.611. The number of thiazole rings is 1. The van der Waals surface area contributed by atoms with Gasteiger partial charge in [0.2, 0.25) is 4.80 Å². The van der Waals surface area contributed by atoms with Gasteiger partial charge in [-0.3, -0.25) is 0 Å². The summed E-state index contributed by atoms with van der Waals surface area (Å²) in [6.45, 7) is 3.32. The van der Waals surface area contributed by atoms with E-state index in [1.165, 1.54) is 18.2 Å². The molecule has 2 aromatic heterocycles. The van der Waals surface area contributed by atoms with Crippen LogP contribution in [0.4, 0.5) is 4.39 Å². The van der Waals surface area contributed by atoms with E-state index < -0.39 is 10.0 Å². The number of benzene rings is 1. The number of fused-ring (bicyclic) bond motifs is 1. The SMILES string of the molecule is CCOCCn1/c(=N/S(=O)(=O)c2cccs2)sc2cc(F)ccc21. The van der Waals surface area contributed by atoms with Gasteiger partial charge in [-0.1, -0.05) is 17.4 Å². The Balaban J connectivity index is 2.15. The maximum absolute atomic E-state index is 13.5. The second kappa shape index (κ2) is 7.14. The minimum Gasteiger partial charge on any atom is -0.380 e. The molecule has 2 heterocycles. The largest absolute Gasteiger partial charge is 0.380 e. The predicted molar refractivity (Wildman–Crippen MR) is 93.3 cm³/mol. The minimum atomic E-state index is -3.78. The smallest absolute Gasteiger partial charge is 0.294 e. The maximum Gasteiger partial charge on any atom is 0.294 e. The van der Waals surface area contributed by atoms with Gasteiger partial charge in [-0.2, -0.15) is 8.42 Å². The first-order chi connectivity index (χ1) is 11.5. The summed E-state index contributed by atoms with van der Waals surface area (Å²) >= 11 is 2.26. The number of hydrogen-bond acceptors (Lipinski definition) is 5. The van der Waals surface area contributed by atoms with E-state index in [1.54, 1.807) is 22.1 Å². The van der Waals surface area contributed by atoms with Gasteiger partial charge < -0.3 is 9.30 Å². The van der Waals surface area contributed by atoms with Gasteiger partial charge in [0.1, 0.15) is 10.0 Å². The summed E-state index contributed by atoms with van der Waals surface area (Å²) < 4.78 is 50.2. The Hall–Kier alpha value is -1.55. The van der Waals surface area contributed by atoms with E-state index in [-0.39, 0.29) is 10.0 Å². The average Bonchev–Trinajstić information content (AvgIpc) is 3.16. The van der Waals surface area contributed by atoms with E-state index in [9.17, 15) is 12.8 Å². The zero-order valence-electron chi connectivity index (χ0n) is 12.8. The summed E-state index contributed by atoms with van der Waals surface area (Å²) in [4.78, 5) is 0.309. The second-order valence-corrected chi connectivity index (χ2v) is 8.63. The van der Waals surface area contributed by atoms with E-state index in [4.69, 9.17) is 4.74 Å². The fourth-order valence-corrected chi connectivity index (χ4v) is 5.44. The van der Waals surface area contributed by atoms with E-state index in [0.717, 1.165) is 28.2 Å². The zero-order chi connectivity index (χ0) is 17.2. The molecule has 3 rings (SSSR count). The molecule has 0 aliphatic heterocycles. The van der Waals surface area contributed by atoms with Crippen LogP contribution in [0.15, 0.2) is 44.3 Å². The Morgan fingerprint density at radius 2 is 2.17 bits per heavy atom. The van der Waals surface area contributed by atoms with Crippen LogP contribution in [0.1, 0.15) is 6.92 Å². The molecule has 0 fully saturated rings. The van der Waals surface area contributed by atoms with Crippen molar-refractivity contribution >= 4 is 42.9 Å². The number of ether oxygens (including phenoxy) is 1. The van der Waals surface area contributed by atoms with Crippen LogP contribution >= 0.6 is 22.7 Å². The van der Waals surface area contributed by atoms with Crippen molar-refractivity contribution in [3.8, 4) is 0 Å². The van der Waals surface area contributed by atoms with Crippen molar-refractivity contribution in [2.45, 2.75) is 17.7 Å². The van der Waals surface area contributed by atoms with Crippen molar-refractivity contribution in [1.82, 2.24) is 4.57 Å². The lowest BCUT2D eigenvalue weighted by molar-refractivity contribution is 0.139. The Kier molecular flexibility index (Phi) is 5.14. The topological polar surface area (TPSA) is 60.7 Å². The van der Waals surface area contributed by atoms with Gasteiger partial charge in [-0.25, -0.2) is 4.39 Å². The second-order valence-electron chi connectivity index (χ2n) is 4.84. The average molecular weight is 386 g/mol. The molecule has 0 radical (unpaired) electrons. The molecule has 0 aliphatic carbocycles. The van der Waals surface area contributed by atoms with Gasteiger partial charge in [0.05, 0.1) is 16.8 Å². The third-order valence-electron chi connectivity index (χ3n) is 3.26. The van der Waals surface area contributed by atoms with Crippen LogP contribution in [0.3, 0.4) is 0 Å². The van der Waals surface area contributed by atoms with E-state index in [1.807, 2.05) is 6.92 Å². The molecule has 9 heteroatoms. The summed E-state index contributed by atoms with van der Waals surface area (Å²) in [7, 11) is -3.78. The third kappa shape index (κ3) is 3.59. The van der Waals surface area contributed by atoms with Crippen molar-refractivity contribution in [3.63, 3.8) is 0 Å². The van der Waals surface area contributed by atoms with Crippen LogP contribution in [0.2, 0.25) is 0 Å². The van der Waals surface area contributed by atoms with E-state index >= 15 is 0 Å². The normalized spacial score (nSPS) is 13.0. The number of nitrogens with zero attached hydrogens (tertiary/aromatic N) is 2. The first-order valence-corrected chi connectivity index (χ1v) is 10.4. The Bertz CT molecular complexity index is 1000. The molecule has 0 saturated heterocycles. The molecule has 128 valence electrons. The lowest BCUT2D eigenvalue weighted by Gasteiger charge is -2.05. The van der Waals surface area contributed by atoms with Crippen molar-refractivity contribution < 1.29 is 17.5 Å². The Morgan fingerprint density at radius 3 is 2.88 bits per heavy atom. The van der Waals surface area contributed by atoms with Crippen LogP contribution < -0.4 is 4.80 Å². The molecule has 5 nitrogen and oxygen atoms in total. The number of thiophene rings is 1. The molecular formula is C15H15FN2O3S3. The number of sulfonamides is 1. The summed E-state index contributed by atoms with van der Waals surface area (Å²) in [6, 6.07) is 7.54. The van der Waals surface area contributed by atoms with Gasteiger partial charge >= 0.3 is 0 Å². The highest BCUT2D eigenvalue weighted by Gasteiger charge is 2.16. The van der Waals surface area contributed by atoms with Gasteiger partial charge in [0.15, 0.2) is 0 Å². The highest BCUT2D eigenvalue weighted by atomic mass is 32.2. The number of halogens is 1. The molecule has 0 atom stereocenters. The summed E-state index contributed by atoms with van der Waals surface area (Å²) in [5.41, 5.74) is 0.737. The van der Waals surface area contributed by atoms with Gasteiger partial charge in [-0.05, 0) is 36.6 Å². The molecule has 0 amide bonds. The first-order valence-electron chi connectivity index (χ1n) is 7.22. The van der Waals surface area contributed by atoms with Crippen molar-refractivity contribution in [2.75, 3.05) is 13.2 Å². The minimum absolute atomic E-state index is 0.183. The molecule has 0 saturated carbocycles. The van der Waals surface area contributed by atoms with Gasteiger partial charge in [-0.15, -0.1) is 15.7 Å². The van der Waals surface area contributed by atoms with Crippen LogP contribution in [0.25, 0.3) is 10.2 Å². The number of rotatable bonds is 6. The van der Waals surface area contributed by atoms with Crippen LogP contribution in [-0.2, 0) is 21.3 Å². The lowest BCUT2D eigenvalue weighted by Crippen LogP contribution is -2.19. The Labute approximate surface area is 146 Å². The number of aromatic nitrogens is 1. The summed E-state index contributed by atoms with van der Waals surface area (Å²) in [6.07, 6.45) is 0.